The summed E-state index contributed by atoms with van der Waals surface area (Å²) in [6, 6.07) is 18.2. The van der Waals surface area contributed by atoms with Gasteiger partial charge in [-0.1, -0.05) is 24.3 Å². The Hall–Kier alpha value is -4.09. The van der Waals surface area contributed by atoms with Gasteiger partial charge >= 0.3 is 0 Å². The number of allylic oxidation sites excluding steroid dienone is 1. The number of aliphatic hydroxyl groups is 1. The Morgan fingerprint density at radius 1 is 1.06 bits per heavy atom. The largest absolute Gasteiger partial charge is 0.496 e. The fourth-order valence-corrected chi connectivity index (χ4v) is 5.06. The average Bonchev–Trinajstić information content (AvgIpc) is 3.43. The lowest BCUT2D eigenvalue weighted by Crippen LogP contribution is -2.05. The molecule has 1 aliphatic carbocycles. The molecule has 5 aromatic rings. The number of ketones is 1. The summed E-state index contributed by atoms with van der Waals surface area (Å²) in [6.07, 6.45) is 5.45. The van der Waals surface area contributed by atoms with Crippen molar-refractivity contribution in [2.45, 2.75) is 13.5 Å². The van der Waals surface area contributed by atoms with Gasteiger partial charge in [-0.15, -0.1) is 0 Å². The number of carbonyl (C=O) groups is 1. The average molecular weight is 434 g/mol. The van der Waals surface area contributed by atoms with Crippen LogP contribution >= 0.6 is 0 Å². The molecule has 5 nitrogen and oxygen atoms in total. The van der Waals surface area contributed by atoms with Gasteiger partial charge in [0, 0.05) is 39.3 Å². The van der Waals surface area contributed by atoms with Crippen LogP contribution in [0.3, 0.4) is 0 Å². The number of aromatic nitrogens is 2. The summed E-state index contributed by atoms with van der Waals surface area (Å²) in [5, 5.41) is 12.3. The third-order valence-corrected chi connectivity index (χ3v) is 6.47. The van der Waals surface area contributed by atoms with E-state index in [1.54, 1.807) is 13.2 Å². The van der Waals surface area contributed by atoms with Crippen LogP contribution in [0, 0.1) is 6.92 Å². The van der Waals surface area contributed by atoms with Crippen molar-refractivity contribution in [3.05, 3.63) is 89.1 Å². The number of benzene rings is 3. The van der Waals surface area contributed by atoms with E-state index in [2.05, 4.69) is 46.8 Å². The minimum Gasteiger partial charge on any atom is -0.496 e. The Morgan fingerprint density at radius 3 is 2.76 bits per heavy atom. The highest BCUT2D eigenvalue weighted by Gasteiger charge is 2.29. The van der Waals surface area contributed by atoms with E-state index >= 15 is 0 Å². The Bertz CT molecular complexity index is 1620. The normalized spacial score (nSPS) is 12.8. The molecule has 0 amide bonds. The van der Waals surface area contributed by atoms with Crippen molar-refractivity contribution in [1.29, 1.82) is 0 Å². The van der Waals surface area contributed by atoms with Crippen LogP contribution in [0.15, 0.2) is 66.9 Å². The molecule has 0 fully saturated rings. The maximum absolute atomic E-state index is 13.3. The molecule has 162 valence electrons. The Morgan fingerprint density at radius 2 is 1.94 bits per heavy atom. The summed E-state index contributed by atoms with van der Waals surface area (Å²) in [5.41, 5.74) is 7.96. The highest BCUT2D eigenvalue weighted by Crippen LogP contribution is 2.44. The molecule has 2 aromatic heterocycles. The quantitative estimate of drug-likeness (QED) is 0.376. The van der Waals surface area contributed by atoms with E-state index in [-0.39, 0.29) is 12.4 Å². The number of methoxy groups -OCH3 is 1. The predicted octanol–water partition coefficient (Wildman–Crippen LogP) is 5.80. The molecule has 0 spiro atoms. The molecule has 0 saturated carbocycles. The number of hydrogen-bond donors (Lipinski definition) is 2. The van der Waals surface area contributed by atoms with Crippen molar-refractivity contribution in [3.63, 3.8) is 0 Å². The van der Waals surface area contributed by atoms with Crippen molar-refractivity contribution in [3.8, 4) is 22.7 Å². The van der Waals surface area contributed by atoms with Gasteiger partial charge in [0.1, 0.15) is 5.75 Å². The smallest absolute Gasteiger partial charge is 0.188 e. The number of carbonyl (C=O) groups excluding carboxylic acids is 1. The van der Waals surface area contributed by atoms with E-state index in [0.29, 0.717) is 16.9 Å². The Kier molecular flexibility index (Phi) is 4.28. The SMILES string of the molecule is COc1cccc(-c2c3c4c(cc(C)cc4n2-c2ccc4[nH]ccc4c2)C=CC3=O)c1CO. The zero-order valence-corrected chi connectivity index (χ0v) is 18.3. The van der Waals surface area contributed by atoms with Gasteiger partial charge in [-0.05, 0) is 60.5 Å². The monoisotopic (exact) mass is 434 g/mol. The van der Waals surface area contributed by atoms with E-state index in [4.69, 9.17) is 4.74 Å². The molecule has 0 atom stereocenters. The first-order chi connectivity index (χ1) is 16.1. The summed E-state index contributed by atoms with van der Waals surface area (Å²) in [6.45, 7) is 1.87. The first-order valence-corrected chi connectivity index (χ1v) is 10.9. The first kappa shape index (κ1) is 19.6. The van der Waals surface area contributed by atoms with E-state index < -0.39 is 0 Å². The second-order valence-corrected chi connectivity index (χ2v) is 8.40. The summed E-state index contributed by atoms with van der Waals surface area (Å²) in [5.74, 6) is 0.551. The van der Waals surface area contributed by atoms with E-state index in [1.165, 1.54) is 0 Å². The maximum Gasteiger partial charge on any atom is 0.188 e. The third kappa shape index (κ3) is 2.79. The lowest BCUT2D eigenvalue weighted by molar-refractivity contribution is 0.104. The van der Waals surface area contributed by atoms with E-state index in [9.17, 15) is 9.90 Å². The fraction of sp³-hybridized carbons (Fsp3) is 0.107. The number of H-pyrrole nitrogens is 1. The molecular weight excluding hydrogens is 412 g/mol. The van der Waals surface area contributed by atoms with Gasteiger partial charge < -0.3 is 19.4 Å². The van der Waals surface area contributed by atoms with Crippen molar-refractivity contribution in [1.82, 2.24) is 9.55 Å². The number of ether oxygens (including phenoxy) is 1. The summed E-state index contributed by atoms with van der Waals surface area (Å²) < 4.78 is 7.70. The Balaban J connectivity index is 1.81. The van der Waals surface area contributed by atoms with Gasteiger partial charge in [-0.2, -0.15) is 0 Å². The van der Waals surface area contributed by atoms with Gasteiger partial charge in [0.05, 0.1) is 30.5 Å². The maximum atomic E-state index is 13.3. The van der Waals surface area contributed by atoms with Crippen molar-refractivity contribution in [2.75, 3.05) is 7.11 Å². The van der Waals surface area contributed by atoms with Gasteiger partial charge in [0.15, 0.2) is 5.78 Å². The minimum absolute atomic E-state index is 0.0421. The molecule has 5 heteroatoms. The molecule has 33 heavy (non-hydrogen) atoms. The molecule has 0 bridgehead atoms. The summed E-state index contributed by atoms with van der Waals surface area (Å²) in [7, 11) is 1.59. The highest BCUT2D eigenvalue weighted by molar-refractivity contribution is 6.24. The van der Waals surface area contributed by atoms with Crippen LogP contribution in [0.4, 0.5) is 0 Å². The molecule has 0 radical (unpaired) electrons. The van der Waals surface area contributed by atoms with Crippen LogP contribution < -0.4 is 4.74 Å². The molecular formula is C28H22N2O3. The number of fused-ring (bicyclic) bond motifs is 1. The van der Waals surface area contributed by atoms with Crippen LogP contribution in [0.1, 0.15) is 27.0 Å². The number of hydrogen-bond acceptors (Lipinski definition) is 3. The number of rotatable bonds is 4. The van der Waals surface area contributed by atoms with E-state index in [1.807, 2.05) is 36.5 Å². The van der Waals surface area contributed by atoms with Crippen LogP contribution in [0.25, 0.3) is 44.8 Å². The molecule has 3 aromatic carbocycles. The molecule has 0 aliphatic heterocycles. The fourth-order valence-electron chi connectivity index (χ4n) is 5.06. The molecule has 6 rings (SSSR count). The second kappa shape index (κ2) is 7.22. The number of nitrogens with one attached hydrogen (secondary N) is 1. The molecule has 0 unspecified atom stereocenters. The second-order valence-electron chi connectivity index (χ2n) is 8.40. The zero-order chi connectivity index (χ0) is 22.7. The molecule has 1 aliphatic rings. The lowest BCUT2D eigenvalue weighted by atomic mass is 9.92. The van der Waals surface area contributed by atoms with Gasteiger partial charge in [0.25, 0.3) is 0 Å². The number of aryl methyl sites for hydroxylation is 1. The molecule has 0 saturated heterocycles. The van der Waals surface area contributed by atoms with Crippen LogP contribution in [0.2, 0.25) is 0 Å². The minimum atomic E-state index is -0.201. The summed E-state index contributed by atoms with van der Waals surface area (Å²) >= 11 is 0. The van der Waals surface area contributed by atoms with Crippen molar-refractivity contribution >= 4 is 33.7 Å². The number of aliphatic hydroxyl groups excluding tert-OH is 1. The van der Waals surface area contributed by atoms with Gasteiger partial charge in [-0.25, -0.2) is 0 Å². The molecule has 2 N–H and O–H groups in total. The number of nitrogens with zero attached hydrogens (tertiary/aromatic N) is 1. The summed E-state index contributed by atoms with van der Waals surface area (Å²) in [4.78, 5) is 16.6. The first-order valence-electron chi connectivity index (χ1n) is 10.9. The highest BCUT2D eigenvalue weighted by atomic mass is 16.5. The van der Waals surface area contributed by atoms with Crippen molar-refractivity contribution in [2.24, 2.45) is 0 Å². The standard InChI is InChI=1S/C28H22N2O3/c1-16-12-18-6-9-24(32)27-26(18)23(13-16)30(19-7-8-22-17(14-19)10-11-29-22)28(27)20-4-3-5-25(33-2)21(20)15-31/h3-14,29,31H,15H2,1-2H3. The van der Waals surface area contributed by atoms with Gasteiger partial charge in [-0.3, -0.25) is 4.79 Å². The predicted molar refractivity (Wildman–Crippen MR) is 131 cm³/mol. The lowest BCUT2D eigenvalue weighted by Gasteiger charge is -2.17. The van der Waals surface area contributed by atoms with Crippen LogP contribution in [0.5, 0.6) is 5.75 Å². The van der Waals surface area contributed by atoms with Crippen LogP contribution in [-0.4, -0.2) is 27.6 Å². The number of aromatic amines is 1. The van der Waals surface area contributed by atoms with Crippen molar-refractivity contribution < 1.29 is 14.6 Å². The van der Waals surface area contributed by atoms with Gasteiger partial charge in [0.2, 0.25) is 0 Å². The molecule has 2 heterocycles. The third-order valence-electron chi connectivity index (χ3n) is 6.47. The zero-order valence-electron chi connectivity index (χ0n) is 18.3. The Labute approximate surface area is 190 Å². The topological polar surface area (TPSA) is 67.2 Å². The van der Waals surface area contributed by atoms with E-state index in [0.717, 1.165) is 49.9 Å². The van der Waals surface area contributed by atoms with Crippen LogP contribution in [-0.2, 0) is 6.61 Å².